The summed E-state index contributed by atoms with van der Waals surface area (Å²) in [5.74, 6) is -0.538. The van der Waals surface area contributed by atoms with E-state index < -0.39 is 5.91 Å². The Morgan fingerprint density at radius 1 is 1.03 bits per heavy atom. The fourth-order valence-corrected chi connectivity index (χ4v) is 3.34. The van der Waals surface area contributed by atoms with E-state index in [1.54, 1.807) is 11.0 Å². The number of amides is 3. The number of carbonyl (C=O) groups excluding carboxylic acids is 3. The van der Waals surface area contributed by atoms with Gasteiger partial charge in [0.2, 0.25) is 11.8 Å². The molecule has 0 bridgehead atoms. The van der Waals surface area contributed by atoms with E-state index in [9.17, 15) is 14.4 Å². The molecule has 1 fully saturated rings. The van der Waals surface area contributed by atoms with Crippen LogP contribution in [0.15, 0.2) is 54.6 Å². The van der Waals surface area contributed by atoms with Crippen LogP contribution < -0.4 is 15.6 Å². The lowest BCUT2D eigenvalue weighted by Crippen LogP contribution is -2.50. The molecule has 0 spiro atoms. The van der Waals surface area contributed by atoms with Gasteiger partial charge in [-0.1, -0.05) is 48.5 Å². The third kappa shape index (κ3) is 5.57. The average molecular weight is 395 g/mol. The highest BCUT2D eigenvalue weighted by molar-refractivity contribution is 5.85. The second-order valence-corrected chi connectivity index (χ2v) is 6.99. The molecule has 152 valence electrons. The van der Waals surface area contributed by atoms with Crippen molar-refractivity contribution in [1.29, 1.82) is 0 Å². The zero-order valence-corrected chi connectivity index (χ0v) is 16.4. The second kappa shape index (κ2) is 9.73. The number of rotatable bonds is 5. The van der Waals surface area contributed by atoms with Crippen molar-refractivity contribution in [3.8, 4) is 16.9 Å². The number of nitrogens with zero attached hydrogens (tertiary/aromatic N) is 1. The van der Waals surface area contributed by atoms with Gasteiger partial charge in [0.15, 0.2) is 6.61 Å². The number of carbonyl (C=O) groups is 3. The van der Waals surface area contributed by atoms with Crippen LogP contribution in [0.3, 0.4) is 0 Å². The van der Waals surface area contributed by atoms with Crippen molar-refractivity contribution < 1.29 is 19.1 Å². The van der Waals surface area contributed by atoms with Crippen molar-refractivity contribution in [2.24, 2.45) is 5.92 Å². The molecular weight excluding hydrogens is 370 g/mol. The maximum Gasteiger partial charge on any atom is 0.276 e. The minimum atomic E-state index is -0.458. The molecule has 1 saturated heterocycles. The Morgan fingerprint density at radius 2 is 1.76 bits per heavy atom. The number of para-hydroxylation sites is 1. The van der Waals surface area contributed by atoms with Gasteiger partial charge in [0.05, 0.1) is 5.92 Å². The van der Waals surface area contributed by atoms with Gasteiger partial charge in [-0.15, -0.1) is 0 Å². The molecule has 2 aromatic carbocycles. The number of likely N-dealkylation sites (tertiary alicyclic amines) is 1. The van der Waals surface area contributed by atoms with E-state index in [0.29, 0.717) is 25.3 Å². The Kier molecular flexibility index (Phi) is 6.84. The molecule has 0 aliphatic carbocycles. The Bertz CT molecular complexity index is 869. The smallest absolute Gasteiger partial charge is 0.276 e. The van der Waals surface area contributed by atoms with Crippen molar-refractivity contribution in [2.75, 3.05) is 19.7 Å². The van der Waals surface area contributed by atoms with Crippen LogP contribution in [0.25, 0.3) is 11.1 Å². The summed E-state index contributed by atoms with van der Waals surface area (Å²) in [5, 5.41) is 0. The molecule has 0 radical (unpaired) electrons. The highest BCUT2D eigenvalue weighted by atomic mass is 16.5. The van der Waals surface area contributed by atoms with Gasteiger partial charge < -0.3 is 9.64 Å². The minimum Gasteiger partial charge on any atom is -0.483 e. The third-order valence-electron chi connectivity index (χ3n) is 4.89. The number of benzene rings is 2. The zero-order valence-electron chi connectivity index (χ0n) is 16.4. The topological polar surface area (TPSA) is 87.7 Å². The summed E-state index contributed by atoms with van der Waals surface area (Å²) < 4.78 is 5.66. The van der Waals surface area contributed by atoms with Crippen LogP contribution >= 0.6 is 0 Å². The third-order valence-corrected chi connectivity index (χ3v) is 4.89. The quantitative estimate of drug-likeness (QED) is 0.760. The summed E-state index contributed by atoms with van der Waals surface area (Å²) in [6.07, 6.45) is 1.46. The molecule has 3 rings (SSSR count). The molecule has 0 aromatic heterocycles. The van der Waals surface area contributed by atoms with Crippen LogP contribution in [0.4, 0.5) is 0 Å². The van der Waals surface area contributed by atoms with Crippen LogP contribution in [-0.4, -0.2) is 42.3 Å². The van der Waals surface area contributed by atoms with Gasteiger partial charge in [-0.25, -0.2) is 0 Å². The van der Waals surface area contributed by atoms with Gasteiger partial charge in [0, 0.05) is 25.6 Å². The summed E-state index contributed by atoms with van der Waals surface area (Å²) in [6, 6.07) is 17.2. The molecule has 7 nitrogen and oxygen atoms in total. The van der Waals surface area contributed by atoms with Gasteiger partial charge >= 0.3 is 0 Å². The highest BCUT2D eigenvalue weighted by Crippen LogP contribution is 2.29. The predicted octanol–water partition coefficient (Wildman–Crippen LogP) is 2.14. The number of hydrazine groups is 1. The second-order valence-electron chi connectivity index (χ2n) is 6.99. The summed E-state index contributed by atoms with van der Waals surface area (Å²) in [6.45, 7) is 2.30. The number of piperidine rings is 1. The zero-order chi connectivity index (χ0) is 20.6. The van der Waals surface area contributed by atoms with E-state index >= 15 is 0 Å². The lowest BCUT2D eigenvalue weighted by molar-refractivity contribution is -0.136. The first-order valence-corrected chi connectivity index (χ1v) is 9.66. The van der Waals surface area contributed by atoms with Gasteiger partial charge in [-0.3, -0.25) is 25.2 Å². The summed E-state index contributed by atoms with van der Waals surface area (Å²) in [7, 11) is 0. The molecule has 0 saturated carbocycles. The standard InChI is InChI=1S/C22H25N3O4/c1-16(26)25-13-7-10-18(14-25)22(28)24-23-21(27)15-29-20-12-6-5-11-19(20)17-8-3-2-4-9-17/h2-6,8-9,11-12,18H,7,10,13-15H2,1H3,(H,23,27)(H,24,28)/t18-/m0/s1. The van der Waals surface area contributed by atoms with Crippen LogP contribution in [0.1, 0.15) is 19.8 Å². The Morgan fingerprint density at radius 3 is 2.52 bits per heavy atom. The molecule has 2 aromatic rings. The number of nitrogens with one attached hydrogen (secondary N) is 2. The van der Waals surface area contributed by atoms with Crippen LogP contribution in [-0.2, 0) is 14.4 Å². The van der Waals surface area contributed by atoms with E-state index in [2.05, 4.69) is 10.9 Å². The van der Waals surface area contributed by atoms with E-state index in [0.717, 1.165) is 17.5 Å². The molecular formula is C22H25N3O4. The van der Waals surface area contributed by atoms with Gasteiger partial charge in [-0.2, -0.15) is 0 Å². The summed E-state index contributed by atoms with van der Waals surface area (Å²) in [5.41, 5.74) is 6.70. The predicted molar refractivity (Wildman–Crippen MR) is 109 cm³/mol. The van der Waals surface area contributed by atoms with Gasteiger partial charge in [0.25, 0.3) is 5.91 Å². The largest absolute Gasteiger partial charge is 0.483 e. The first-order chi connectivity index (χ1) is 14.0. The van der Waals surface area contributed by atoms with Crippen molar-refractivity contribution >= 4 is 17.7 Å². The SMILES string of the molecule is CC(=O)N1CCC[C@H](C(=O)NNC(=O)COc2ccccc2-c2ccccc2)C1. The number of ether oxygens (including phenoxy) is 1. The average Bonchev–Trinajstić information content (AvgIpc) is 2.77. The lowest BCUT2D eigenvalue weighted by Gasteiger charge is -2.31. The lowest BCUT2D eigenvalue weighted by atomic mass is 9.97. The molecule has 1 aliphatic heterocycles. The van der Waals surface area contributed by atoms with Gasteiger partial charge in [-0.05, 0) is 24.5 Å². The Balaban J connectivity index is 1.50. The van der Waals surface area contributed by atoms with Crippen molar-refractivity contribution in [3.05, 3.63) is 54.6 Å². The van der Waals surface area contributed by atoms with Crippen LogP contribution in [0, 0.1) is 5.92 Å². The van der Waals surface area contributed by atoms with Crippen molar-refractivity contribution in [3.63, 3.8) is 0 Å². The van der Waals surface area contributed by atoms with E-state index in [1.807, 2.05) is 48.5 Å². The summed E-state index contributed by atoms with van der Waals surface area (Å²) >= 11 is 0. The molecule has 2 N–H and O–H groups in total. The molecule has 7 heteroatoms. The molecule has 29 heavy (non-hydrogen) atoms. The molecule has 1 heterocycles. The number of hydrogen-bond donors (Lipinski definition) is 2. The maximum atomic E-state index is 12.3. The fraction of sp³-hybridized carbons (Fsp3) is 0.318. The Labute approximate surface area is 170 Å². The first kappa shape index (κ1) is 20.4. The van der Waals surface area contributed by atoms with E-state index in [-0.39, 0.29) is 24.3 Å². The van der Waals surface area contributed by atoms with E-state index in [4.69, 9.17) is 4.74 Å². The number of hydrogen-bond acceptors (Lipinski definition) is 4. The minimum absolute atomic E-state index is 0.0444. The molecule has 0 unspecified atom stereocenters. The van der Waals surface area contributed by atoms with Crippen LogP contribution in [0.2, 0.25) is 0 Å². The first-order valence-electron chi connectivity index (χ1n) is 9.66. The monoisotopic (exact) mass is 395 g/mol. The highest BCUT2D eigenvalue weighted by Gasteiger charge is 2.27. The molecule has 1 aliphatic rings. The van der Waals surface area contributed by atoms with Crippen molar-refractivity contribution in [1.82, 2.24) is 15.8 Å². The van der Waals surface area contributed by atoms with Crippen LogP contribution in [0.5, 0.6) is 5.75 Å². The molecule has 3 amide bonds. The Hall–Kier alpha value is -3.35. The maximum absolute atomic E-state index is 12.3. The van der Waals surface area contributed by atoms with Gasteiger partial charge in [0.1, 0.15) is 5.75 Å². The van der Waals surface area contributed by atoms with Crippen molar-refractivity contribution in [2.45, 2.75) is 19.8 Å². The normalized spacial score (nSPS) is 16.0. The molecule has 1 atom stereocenters. The fourth-order valence-electron chi connectivity index (χ4n) is 3.34. The summed E-state index contributed by atoms with van der Waals surface area (Å²) in [4.78, 5) is 37.5. The van der Waals surface area contributed by atoms with E-state index in [1.165, 1.54) is 6.92 Å².